The number of piperidine rings is 1. The number of aromatic nitrogens is 2. The monoisotopic (exact) mass is 408 g/mol. The Morgan fingerprint density at radius 2 is 1.70 bits per heavy atom. The molecule has 1 aromatic heterocycles. The van der Waals surface area contributed by atoms with Gasteiger partial charge in [0.15, 0.2) is 0 Å². The molecule has 0 N–H and O–H groups in total. The van der Waals surface area contributed by atoms with Gasteiger partial charge in [0.1, 0.15) is 0 Å². The number of aryl methyl sites for hydroxylation is 2. The summed E-state index contributed by atoms with van der Waals surface area (Å²) < 4.78 is 1.90. The van der Waals surface area contributed by atoms with Gasteiger partial charge in [-0.3, -0.25) is 9.59 Å². The molecule has 2 aliphatic rings. The van der Waals surface area contributed by atoms with Gasteiger partial charge in [-0.2, -0.15) is 5.10 Å². The lowest BCUT2D eigenvalue weighted by atomic mass is 9.81. The minimum atomic E-state index is 0.0812. The first-order valence-corrected chi connectivity index (χ1v) is 11.1. The number of amides is 2. The van der Waals surface area contributed by atoms with Crippen molar-refractivity contribution in [1.29, 1.82) is 0 Å². The molecule has 0 aliphatic carbocycles. The Morgan fingerprint density at radius 1 is 1.00 bits per heavy atom. The zero-order valence-corrected chi connectivity index (χ0v) is 18.3. The molecule has 6 nitrogen and oxygen atoms in total. The first kappa shape index (κ1) is 20.6. The molecule has 30 heavy (non-hydrogen) atoms. The average molecular weight is 409 g/mol. The summed E-state index contributed by atoms with van der Waals surface area (Å²) in [5.41, 5.74) is 3.73. The summed E-state index contributed by atoms with van der Waals surface area (Å²) in [6, 6.07) is 9.74. The Bertz CT molecular complexity index is 910. The number of hydrogen-bond acceptors (Lipinski definition) is 3. The highest BCUT2D eigenvalue weighted by Gasteiger charge is 2.35. The van der Waals surface area contributed by atoms with E-state index in [0.29, 0.717) is 17.4 Å². The van der Waals surface area contributed by atoms with Crippen molar-refractivity contribution in [2.75, 3.05) is 26.7 Å². The first-order valence-electron chi connectivity index (χ1n) is 11.1. The molecule has 0 radical (unpaired) electrons. The van der Waals surface area contributed by atoms with Crippen molar-refractivity contribution in [1.82, 2.24) is 19.6 Å². The fraction of sp³-hybridized carbons (Fsp3) is 0.542. The number of nitrogens with zero attached hydrogens (tertiary/aromatic N) is 4. The van der Waals surface area contributed by atoms with Crippen molar-refractivity contribution in [3.05, 3.63) is 47.3 Å². The molecule has 1 atom stereocenters. The van der Waals surface area contributed by atoms with E-state index in [2.05, 4.69) is 5.10 Å². The summed E-state index contributed by atoms with van der Waals surface area (Å²) >= 11 is 0. The Hall–Kier alpha value is -2.63. The van der Waals surface area contributed by atoms with Gasteiger partial charge in [0.2, 0.25) is 5.91 Å². The number of carbonyl (C=O) groups excluding carboxylic acids is 2. The Morgan fingerprint density at radius 3 is 2.33 bits per heavy atom. The van der Waals surface area contributed by atoms with Crippen LogP contribution in [0.15, 0.2) is 30.3 Å². The van der Waals surface area contributed by atoms with E-state index >= 15 is 0 Å². The van der Waals surface area contributed by atoms with Crippen molar-refractivity contribution in [2.24, 2.45) is 11.8 Å². The minimum absolute atomic E-state index is 0.0812. The van der Waals surface area contributed by atoms with Crippen LogP contribution in [0, 0.1) is 25.7 Å². The topological polar surface area (TPSA) is 58.4 Å². The van der Waals surface area contributed by atoms with Gasteiger partial charge in [-0.1, -0.05) is 6.42 Å². The molecule has 2 aromatic rings. The van der Waals surface area contributed by atoms with Crippen LogP contribution in [-0.4, -0.2) is 58.1 Å². The number of benzene rings is 1. The lowest BCUT2D eigenvalue weighted by Crippen LogP contribution is -2.43. The molecule has 160 valence electrons. The van der Waals surface area contributed by atoms with E-state index in [-0.39, 0.29) is 11.8 Å². The highest BCUT2D eigenvalue weighted by Crippen LogP contribution is 2.32. The van der Waals surface area contributed by atoms with Crippen LogP contribution in [0.5, 0.6) is 0 Å². The first-order chi connectivity index (χ1) is 14.4. The molecule has 2 fully saturated rings. The van der Waals surface area contributed by atoms with Crippen LogP contribution >= 0.6 is 0 Å². The quantitative estimate of drug-likeness (QED) is 0.780. The summed E-state index contributed by atoms with van der Waals surface area (Å²) in [5, 5.41) is 4.51. The molecule has 0 bridgehead atoms. The van der Waals surface area contributed by atoms with Gasteiger partial charge in [0.25, 0.3) is 5.91 Å². The van der Waals surface area contributed by atoms with Crippen molar-refractivity contribution >= 4 is 11.8 Å². The number of carbonyl (C=O) groups is 2. The van der Waals surface area contributed by atoms with E-state index in [0.717, 1.165) is 68.8 Å². The highest BCUT2D eigenvalue weighted by atomic mass is 16.2. The largest absolute Gasteiger partial charge is 0.346 e. The smallest absolute Gasteiger partial charge is 0.253 e. The lowest BCUT2D eigenvalue weighted by Gasteiger charge is -2.36. The minimum Gasteiger partial charge on any atom is -0.346 e. The second kappa shape index (κ2) is 8.62. The second-order valence-corrected chi connectivity index (χ2v) is 8.88. The van der Waals surface area contributed by atoms with E-state index in [9.17, 15) is 9.59 Å². The third kappa shape index (κ3) is 4.13. The molecule has 4 rings (SSSR count). The van der Waals surface area contributed by atoms with Crippen molar-refractivity contribution < 1.29 is 9.59 Å². The molecule has 2 aliphatic heterocycles. The van der Waals surface area contributed by atoms with Gasteiger partial charge in [-0.15, -0.1) is 0 Å². The molecule has 2 amide bonds. The number of rotatable bonds is 3. The average Bonchev–Trinajstić information content (AvgIpc) is 3.01. The summed E-state index contributed by atoms with van der Waals surface area (Å²) in [7, 11) is 1.93. The van der Waals surface area contributed by atoms with Crippen LogP contribution in [0.3, 0.4) is 0 Å². The zero-order chi connectivity index (χ0) is 21.3. The van der Waals surface area contributed by atoms with Gasteiger partial charge in [-0.05, 0) is 75.8 Å². The molecule has 1 aromatic carbocycles. The second-order valence-electron chi connectivity index (χ2n) is 8.88. The van der Waals surface area contributed by atoms with E-state index in [1.807, 2.05) is 65.7 Å². The Balaban J connectivity index is 1.38. The fourth-order valence-corrected chi connectivity index (χ4v) is 4.99. The fourth-order valence-electron chi connectivity index (χ4n) is 4.99. The summed E-state index contributed by atoms with van der Waals surface area (Å²) in [6.07, 6.45) is 5.06. The molecular formula is C24H32N4O2. The summed E-state index contributed by atoms with van der Waals surface area (Å²) in [6.45, 7) is 6.35. The molecular weight excluding hydrogens is 376 g/mol. The third-order valence-corrected chi connectivity index (χ3v) is 6.72. The summed E-state index contributed by atoms with van der Waals surface area (Å²) in [4.78, 5) is 29.5. The predicted molar refractivity (Wildman–Crippen MR) is 117 cm³/mol. The Kier molecular flexibility index (Phi) is 5.93. The van der Waals surface area contributed by atoms with Crippen LogP contribution in [-0.2, 0) is 4.79 Å². The third-order valence-electron chi connectivity index (χ3n) is 6.72. The van der Waals surface area contributed by atoms with Crippen molar-refractivity contribution in [3.8, 4) is 5.69 Å². The van der Waals surface area contributed by atoms with Crippen molar-refractivity contribution in [3.63, 3.8) is 0 Å². The molecule has 0 unspecified atom stereocenters. The van der Waals surface area contributed by atoms with E-state index in [4.69, 9.17) is 0 Å². The SMILES string of the molecule is Cc1cc(C)n(-c2ccc(C(=O)N3CCC([C@@H]4CCCCN(C)C4=O)CC3)cc2)n1. The molecule has 0 spiro atoms. The molecule has 0 saturated carbocycles. The van der Waals surface area contributed by atoms with Crippen LogP contribution in [0.1, 0.15) is 53.8 Å². The molecule has 3 heterocycles. The standard InChI is InChI=1S/C24H32N4O2/c1-17-16-18(2)28(25-17)21-9-7-20(8-10-21)23(29)27-14-11-19(12-15-27)22-6-4-5-13-26(3)24(22)30/h7-10,16,19,22H,4-6,11-15H2,1-3H3/t22-/m0/s1. The maximum Gasteiger partial charge on any atom is 0.253 e. The van der Waals surface area contributed by atoms with Crippen LogP contribution in [0.2, 0.25) is 0 Å². The maximum absolute atomic E-state index is 13.0. The zero-order valence-electron chi connectivity index (χ0n) is 18.3. The van der Waals surface area contributed by atoms with Crippen LogP contribution in [0.4, 0.5) is 0 Å². The predicted octanol–water partition coefficient (Wildman–Crippen LogP) is 3.60. The van der Waals surface area contributed by atoms with E-state index in [1.54, 1.807) is 0 Å². The number of likely N-dealkylation sites (tertiary alicyclic amines) is 2. The normalized spacial score (nSPS) is 21.0. The lowest BCUT2D eigenvalue weighted by molar-refractivity contribution is -0.135. The molecule has 2 saturated heterocycles. The highest BCUT2D eigenvalue weighted by molar-refractivity contribution is 5.94. The van der Waals surface area contributed by atoms with Gasteiger partial charge in [-0.25, -0.2) is 4.68 Å². The van der Waals surface area contributed by atoms with E-state index < -0.39 is 0 Å². The van der Waals surface area contributed by atoms with Gasteiger partial charge >= 0.3 is 0 Å². The van der Waals surface area contributed by atoms with Crippen molar-refractivity contribution in [2.45, 2.75) is 46.0 Å². The maximum atomic E-state index is 13.0. The van der Waals surface area contributed by atoms with Gasteiger partial charge in [0.05, 0.1) is 11.4 Å². The molecule has 6 heteroatoms. The van der Waals surface area contributed by atoms with Crippen LogP contribution in [0.25, 0.3) is 5.69 Å². The Labute approximate surface area is 178 Å². The van der Waals surface area contributed by atoms with Gasteiger partial charge in [0, 0.05) is 43.9 Å². The van der Waals surface area contributed by atoms with Crippen LogP contribution < -0.4 is 0 Å². The van der Waals surface area contributed by atoms with E-state index in [1.165, 1.54) is 0 Å². The number of hydrogen-bond donors (Lipinski definition) is 0. The van der Waals surface area contributed by atoms with Gasteiger partial charge < -0.3 is 9.80 Å². The summed E-state index contributed by atoms with van der Waals surface area (Å²) in [5.74, 6) is 0.917.